The molecule has 2 atom stereocenters. The van der Waals surface area contributed by atoms with Gasteiger partial charge in [-0.05, 0) is 39.1 Å². The third-order valence-electron chi connectivity index (χ3n) is 4.32. The number of para-hydroxylation sites is 1. The Balaban J connectivity index is 2.58. The van der Waals surface area contributed by atoms with E-state index in [9.17, 15) is 13.6 Å². The molecule has 1 heterocycles. The van der Waals surface area contributed by atoms with Gasteiger partial charge < -0.3 is 24.4 Å². The number of esters is 1. The van der Waals surface area contributed by atoms with Crippen LogP contribution in [0.3, 0.4) is 0 Å². The van der Waals surface area contributed by atoms with Crippen molar-refractivity contribution < 1.29 is 27.8 Å². The molecule has 1 aromatic rings. The predicted molar refractivity (Wildman–Crippen MR) is 104 cm³/mol. The lowest BCUT2D eigenvalue weighted by Gasteiger charge is -2.40. The normalized spacial score (nSPS) is 18.2. The topological polar surface area (TPSA) is 60.0 Å². The van der Waals surface area contributed by atoms with Crippen LogP contribution in [0.5, 0.6) is 5.75 Å². The Morgan fingerprint density at radius 2 is 2.04 bits per heavy atom. The zero-order valence-electron chi connectivity index (χ0n) is 16.2. The first-order chi connectivity index (χ1) is 13.3. The van der Waals surface area contributed by atoms with Crippen LogP contribution in [0.25, 0.3) is 0 Å². The molecule has 0 aromatic heterocycles. The Morgan fingerprint density at radius 3 is 2.64 bits per heavy atom. The molecule has 1 aliphatic heterocycles. The second-order valence-corrected chi connectivity index (χ2v) is 6.58. The van der Waals surface area contributed by atoms with E-state index >= 15 is 0 Å². The second kappa shape index (κ2) is 9.79. The van der Waals surface area contributed by atoms with Crippen molar-refractivity contribution >= 4 is 23.3 Å². The van der Waals surface area contributed by atoms with Gasteiger partial charge in [-0.3, -0.25) is 0 Å². The first-order valence-electron chi connectivity index (χ1n) is 8.82. The highest BCUT2D eigenvalue weighted by molar-refractivity contribution is 7.80. The number of nitrogens with zero attached hydrogens (tertiary/aromatic N) is 1. The molecule has 0 unspecified atom stereocenters. The number of hydrogen-bond donors (Lipinski definition) is 1. The van der Waals surface area contributed by atoms with Gasteiger partial charge in [0.2, 0.25) is 0 Å². The van der Waals surface area contributed by atoms with Crippen LogP contribution in [0.15, 0.2) is 35.5 Å². The maximum atomic E-state index is 12.9. The molecule has 2 rings (SSSR count). The molecular formula is C19H24F2N2O4S. The molecule has 0 fully saturated rings. The Kier molecular flexibility index (Phi) is 7.70. The highest BCUT2D eigenvalue weighted by Gasteiger charge is 2.37. The van der Waals surface area contributed by atoms with E-state index in [2.05, 4.69) is 10.1 Å². The molecule has 0 saturated carbocycles. The molecule has 0 aliphatic carbocycles. The second-order valence-electron chi connectivity index (χ2n) is 6.19. The number of benzene rings is 1. The third-order valence-corrected chi connectivity index (χ3v) is 4.63. The minimum Gasteiger partial charge on any atom is -0.463 e. The summed E-state index contributed by atoms with van der Waals surface area (Å²) in [6.45, 7) is 2.90. The lowest BCUT2D eigenvalue weighted by Crippen LogP contribution is -2.52. The number of halogens is 2. The van der Waals surface area contributed by atoms with Crippen LogP contribution < -0.4 is 10.1 Å². The van der Waals surface area contributed by atoms with Crippen LogP contribution >= 0.6 is 12.2 Å². The molecular weight excluding hydrogens is 390 g/mol. The summed E-state index contributed by atoms with van der Waals surface area (Å²) < 4.78 is 40.8. The zero-order valence-corrected chi connectivity index (χ0v) is 17.0. The van der Waals surface area contributed by atoms with Gasteiger partial charge in [-0.25, -0.2) is 4.79 Å². The standard InChI is InChI=1S/C19H24F2N2O4S/c1-5-26-17(24)15-12(3)23(11(2)10-25-4)19(28)22-16(15)13-8-6-7-9-14(13)27-18(20)21/h6-9,11,16,18H,5,10H2,1-4H3,(H,22,28)/t11-,16+/m1/s1. The van der Waals surface area contributed by atoms with Gasteiger partial charge >= 0.3 is 12.6 Å². The van der Waals surface area contributed by atoms with Crippen molar-refractivity contribution in [3.05, 3.63) is 41.1 Å². The molecule has 9 heteroatoms. The van der Waals surface area contributed by atoms with Crippen molar-refractivity contribution in [3.63, 3.8) is 0 Å². The summed E-state index contributed by atoms with van der Waals surface area (Å²) >= 11 is 5.49. The van der Waals surface area contributed by atoms with Gasteiger partial charge in [-0.1, -0.05) is 18.2 Å². The number of nitrogens with one attached hydrogen (secondary N) is 1. The van der Waals surface area contributed by atoms with Gasteiger partial charge in [0.05, 0.1) is 30.9 Å². The van der Waals surface area contributed by atoms with E-state index < -0.39 is 18.6 Å². The molecule has 0 bridgehead atoms. The molecule has 0 radical (unpaired) electrons. The van der Waals surface area contributed by atoms with Crippen molar-refractivity contribution in [1.82, 2.24) is 10.2 Å². The fraction of sp³-hybridized carbons (Fsp3) is 0.474. The van der Waals surface area contributed by atoms with Crippen molar-refractivity contribution in [3.8, 4) is 5.75 Å². The van der Waals surface area contributed by atoms with Crippen molar-refractivity contribution in [1.29, 1.82) is 0 Å². The van der Waals surface area contributed by atoms with Crippen LogP contribution in [-0.2, 0) is 14.3 Å². The highest BCUT2D eigenvalue weighted by atomic mass is 32.1. The highest BCUT2D eigenvalue weighted by Crippen LogP contribution is 2.37. The number of carbonyl (C=O) groups excluding carboxylic acids is 1. The van der Waals surface area contributed by atoms with E-state index in [0.717, 1.165) is 0 Å². The quantitative estimate of drug-likeness (QED) is 0.517. The summed E-state index contributed by atoms with van der Waals surface area (Å²) in [5.74, 6) is -0.591. The predicted octanol–water partition coefficient (Wildman–Crippen LogP) is 3.39. The number of carbonyl (C=O) groups is 1. The molecule has 0 spiro atoms. The Morgan fingerprint density at radius 1 is 1.36 bits per heavy atom. The van der Waals surface area contributed by atoms with Crippen LogP contribution in [-0.4, -0.2) is 49.0 Å². The van der Waals surface area contributed by atoms with Crippen LogP contribution in [0.2, 0.25) is 0 Å². The van der Waals surface area contributed by atoms with Crippen molar-refractivity contribution in [2.24, 2.45) is 0 Å². The average molecular weight is 414 g/mol. The molecule has 154 valence electrons. The van der Waals surface area contributed by atoms with Gasteiger partial charge in [-0.2, -0.15) is 8.78 Å². The van der Waals surface area contributed by atoms with Gasteiger partial charge in [0.1, 0.15) is 5.75 Å². The molecule has 0 amide bonds. The van der Waals surface area contributed by atoms with E-state index in [0.29, 0.717) is 23.0 Å². The largest absolute Gasteiger partial charge is 0.463 e. The number of ether oxygens (including phenoxy) is 3. The van der Waals surface area contributed by atoms with Crippen molar-refractivity contribution in [2.45, 2.75) is 39.5 Å². The summed E-state index contributed by atoms with van der Waals surface area (Å²) in [5.41, 5.74) is 1.22. The molecule has 1 N–H and O–H groups in total. The maximum absolute atomic E-state index is 12.9. The first-order valence-corrected chi connectivity index (χ1v) is 9.22. The minimum atomic E-state index is -2.99. The average Bonchev–Trinajstić information content (AvgIpc) is 2.61. The SMILES string of the molecule is CCOC(=O)C1=C(C)N([C@H](C)COC)C(=S)N[C@H]1c1ccccc1OC(F)F. The van der Waals surface area contributed by atoms with E-state index in [1.54, 1.807) is 44.1 Å². The summed E-state index contributed by atoms with van der Waals surface area (Å²) in [7, 11) is 1.57. The number of hydrogen-bond acceptors (Lipinski definition) is 5. The third kappa shape index (κ3) is 4.77. The maximum Gasteiger partial charge on any atom is 0.387 e. The number of thiocarbonyl (C=S) groups is 1. The summed E-state index contributed by atoms with van der Waals surface area (Å²) in [6.07, 6.45) is 0. The Bertz CT molecular complexity index is 757. The molecule has 28 heavy (non-hydrogen) atoms. The van der Waals surface area contributed by atoms with E-state index in [4.69, 9.17) is 21.7 Å². The Hall–Kier alpha value is -2.26. The fourth-order valence-corrected chi connectivity index (χ4v) is 3.67. The monoisotopic (exact) mass is 414 g/mol. The van der Waals surface area contributed by atoms with Crippen LogP contribution in [0, 0.1) is 0 Å². The summed E-state index contributed by atoms with van der Waals surface area (Å²) in [5, 5.41) is 3.43. The number of methoxy groups -OCH3 is 1. The summed E-state index contributed by atoms with van der Waals surface area (Å²) in [6, 6.07) is 5.35. The van der Waals surface area contributed by atoms with Gasteiger partial charge in [0, 0.05) is 18.4 Å². The minimum absolute atomic E-state index is 0.0363. The van der Waals surface area contributed by atoms with Crippen LogP contribution in [0.1, 0.15) is 32.4 Å². The molecule has 1 aromatic carbocycles. The lowest BCUT2D eigenvalue weighted by molar-refractivity contribution is -0.139. The first kappa shape index (κ1) is 22.0. The Labute approximate surface area is 168 Å². The molecule has 0 saturated heterocycles. The smallest absolute Gasteiger partial charge is 0.387 e. The van der Waals surface area contributed by atoms with E-state index in [1.165, 1.54) is 6.07 Å². The van der Waals surface area contributed by atoms with Gasteiger partial charge in [0.25, 0.3) is 0 Å². The molecule has 1 aliphatic rings. The van der Waals surface area contributed by atoms with Gasteiger partial charge in [-0.15, -0.1) is 0 Å². The fourth-order valence-electron chi connectivity index (χ4n) is 3.23. The van der Waals surface area contributed by atoms with Gasteiger partial charge in [0.15, 0.2) is 5.11 Å². The van der Waals surface area contributed by atoms with E-state index in [-0.39, 0.29) is 24.0 Å². The number of rotatable bonds is 8. The van der Waals surface area contributed by atoms with Crippen molar-refractivity contribution in [2.75, 3.05) is 20.3 Å². The molecule has 6 nitrogen and oxygen atoms in total. The lowest BCUT2D eigenvalue weighted by atomic mass is 9.93. The zero-order chi connectivity index (χ0) is 20.8. The van der Waals surface area contributed by atoms with Crippen LogP contribution in [0.4, 0.5) is 8.78 Å². The number of allylic oxidation sites excluding steroid dienone is 1. The van der Waals surface area contributed by atoms with E-state index in [1.807, 2.05) is 6.92 Å². The number of alkyl halides is 2. The summed E-state index contributed by atoms with van der Waals surface area (Å²) in [4.78, 5) is 14.5.